The Hall–Kier alpha value is -1.32. The largest absolute Gasteiger partial charge is 0.497 e. The van der Waals surface area contributed by atoms with Gasteiger partial charge in [-0.25, -0.2) is 0 Å². The highest BCUT2D eigenvalue weighted by atomic mass is 79.9. The van der Waals surface area contributed by atoms with Gasteiger partial charge in [-0.1, -0.05) is 11.6 Å². The third kappa shape index (κ3) is 2.74. The first-order valence-corrected chi connectivity index (χ1v) is 6.42. The molecule has 0 aliphatic rings. The molecule has 2 aromatic rings. The summed E-state index contributed by atoms with van der Waals surface area (Å²) in [5.74, 6) is 0.669. The zero-order chi connectivity index (χ0) is 13.1. The van der Waals surface area contributed by atoms with Crippen molar-refractivity contribution in [2.45, 2.75) is 0 Å². The Morgan fingerprint density at radius 2 is 1.83 bits per heavy atom. The smallest absolute Gasteiger partial charge is 0.194 e. The van der Waals surface area contributed by atoms with Gasteiger partial charge >= 0.3 is 0 Å². The van der Waals surface area contributed by atoms with E-state index in [4.69, 9.17) is 16.3 Å². The van der Waals surface area contributed by atoms with E-state index >= 15 is 0 Å². The van der Waals surface area contributed by atoms with Crippen molar-refractivity contribution in [3.63, 3.8) is 0 Å². The molecule has 0 radical (unpaired) electrons. The molecule has 0 spiro atoms. The van der Waals surface area contributed by atoms with E-state index in [9.17, 15) is 4.79 Å². The highest BCUT2D eigenvalue weighted by Gasteiger charge is 2.12. The Kier molecular flexibility index (Phi) is 4.04. The van der Waals surface area contributed by atoms with Crippen molar-refractivity contribution in [2.24, 2.45) is 0 Å². The van der Waals surface area contributed by atoms with E-state index in [1.807, 2.05) is 0 Å². The predicted octanol–water partition coefficient (Wildman–Crippen LogP) is 4.34. The number of rotatable bonds is 3. The second-order valence-corrected chi connectivity index (χ2v) is 4.97. The quantitative estimate of drug-likeness (QED) is 0.785. The maximum Gasteiger partial charge on any atom is 0.194 e. The number of ether oxygens (including phenoxy) is 1. The zero-order valence-electron chi connectivity index (χ0n) is 9.61. The van der Waals surface area contributed by atoms with E-state index in [0.29, 0.717) is 20.6 Å². The average molecular weight is 326 g/mol. The van der Waals surface area contributed by atoms with Crippen LogP contribution in [0.1, 0.15) is 15.9 Å². The molecule has 0 atom stereocenters. The second-order valence-electron chi connectivity index (χ2n) is 3.68. The monoisotopic (exact) mass is 324 g/mol. The van der Waals surface area contributed by atoms with Crippen molar-refractivity contribution < 1.29 is 9.53 Å². The first-order valence-electron chi connectivity index (χ1n) is 5.25. The molecule has 0 heterocycles. The minimum atomic E-state index is -0.0544. The van der Waals surface area contributed by atoms with Gasteiger partial charge in [0, 0.05) is 20.6 Å². The van der Waals surface area contributed by atoms with Crippen molar-refractivity contribution >= 4 is 33.3 Å². The number of halogens is 2. The van der Waals surface area contributed by atoms with Crippen LogP contribution in [0.2, 0.25) is 5.02 Å². The van der Waals surface area contributed by atoms with Gasteiger partial charge in [0.2, 0.25) is 0 Å². The van der Waals surface area contributed by atoms with E-state index in [1.54, 1.807) is 49.6 Å². The van der Waals surface area contributed by atoms with Gasteiger partial charge in [-0.3, -0.25) is 4.79 Å². The second kappa shape index (κ2) is 5.55. The molecule has 0 aliphatic carbocycles. The average Bonchev–Trinajstić information content (AvgIpc) is 2.38. The Bertz CT molecular complexity index is 579. The van der Waals surface area contributed by atoms with Crippen LogP contribution in [0.5, 0.6) is 5.75 Å². The summed E-state index contributed by atoms with van der Waals surface area (Å²) in [5.41, 5.74) is 1.20. The van der Waals surface area contributed by atoms with E-state index in [0.717, 1.165) is 5.75 Å². The molecule has 2 nitrogen and oxygen atoms in total. The molecule has 92 valence electrons. The van der Waals surface area contributed by atoms with Crippen molar-refractivity contribution in [1.82, 2.24) is 0 Å². The third-order valence-electron chi connectivity index (χ3n) is 2.53. The molecular formula is C14H10BrClO2. The van der Waals surface area contributed by atoms with E-state index in [-0.39, 0.29) is 5.78 Å². The Labute approximate surface area is 119 Å². The molecule has 2 rings (SSSR count). The lowest BCUT2D eigenvalue weighted by atomic mass is 10.0. The number of carbonyl (C=O) groups is 1. The lowest BCUT2D eigenvalue weighted by molar-refractivity contribution is 0.103. The van der Waals surface area contributed by atoms with Crippen LogP contribution in [0.4, 0.5) is 0 Å². The Morgan fingerprint density at radius 3 is 2.39 bits per heavy atom. The SMILES string of the molecule is COc1ccc(C(=O)c2ccc(Cl)cc2Br)cc1. The molecule has 0 saturated heterocycles. The maximum absolute atomic E-state index is 12.3. The summed E-state index contributed by atoms with van der Waals surface area (Å²) in [6.45, 7) is 0. The minimum absolute atomic E-state index is 0.0544. The van der Waals surface area contributed by atoms with Crippen LogP contribution in [0.15, 0.2) is 46.9 Å². The number of carbonyl (C=O) groups excluding carboxylic acids is 1. The summed E-state index contributed by atoms with van der Waals surface area (Å²) in [6, 6.07) is 12.1. The van der Waals surface area contributed by atoms with E-state index in [2.05, 4.69) is 15.9 Å². The summed E-state index contributed by atoms with van der Waals surface area (Å²) in [7, 11) is 1.59. The lowest BCUT2D eigenvalue weighted by Crippen LogP contribution is -2.02. The maximum atomic E-state index is 12.3. The summed E-state index contributed by atoms with van der Waals surface area (Å²) < 4.78 is 5.75. The fraction of sp³-hybridized carbons (Fsp3) is 0.0714. The molecule has 0 aromatic heterocycles. The molecule has 0 saturated carbocycles. The predicted molar refractivity (Wildman–Crippen MR) is 75.6 cm³/mol. The molecule has 0 fully saturated rings. The lowest BCUT2D eigenvalue weighted by Gasteiger charge is -2.05. The van der Waals surface area contributed by atoms with Crippen LogP contribution in [0.25, 0.3) is 0 Å². The van der Waals surface area contributed by atoms with Crippen LogP contribution in [0.3, 0.4) is 0 Å². The summed E-state index contributed by atoms with van der Waals surface area (Å²) >= 11 is 9.19. The molecule has 0 bridgehead atoms. The van der Waals surface area contributed by atoms with Gasteiger partial charge < -0.3 is 4.74 Å². The van der Waals surface area contributed by atoms with Gasteiger partial charge in [-0.2, -0.15) is 0 Å². The molecule has 2 aromatic carbocycles. The molecule has 0 amide bonds. The zero-order valence-corrected chi connectivity index (χ0v) is 12.0. The number of ketones is 1. The molecular weight excluding hydrogens is 316 g/mol. The fourth-order valence-corrected chi connectivity index (χ4v) is 2.43. The van der Waals surface area contributed by atoms with Crippen LogP contribution in [-0.2, 0) is 0 Å². The summed E-state index contributed by atoms with van der Waals surface area (Å²) in [4.78, 5) is 12.3. The number of hydrogen-bond donors (Lipinski definition) is 0. The highest BCUT2D eigenvalue weighted by molar-refractivity contribution is 9.10. The van der Waals surface area contributed by atoms with Gasteiger partial charge in [0.05, 0.1) is 7.11 Å². The van der Waals surface area contributed by atoms with Crippen LogP contribution >= 0.6 is 27.5 Å². The number of methoxy groups -OCH3 is 1. The fourth-order valence-electron chi connectivity index (χ4n) is 1.57. The Morgan fingerprint density at radius 1 is 1.17 bits per heavy atom. The minimum Gasteiger partial charge on any atom is -0.497 e. The number of hydrogen-bond acceptors (Lipinski definition) is 2. The van der Waals surface area contributed by atoms with Crippen LogP contribution in [-0.4, -0.2) is 12.9 Å². The molecule has 0 aliphatic heterocycles. The molecule has 4 heteroatoms. The van der Waals surface area contributed by atoms with Crippen LogP contribution < -0.4 is 4.74 Å². The molecule has 0 N–H and O–H groups in total. The summed E-state index contributed by atoms with van der Waals surface area (Å²) in [6.07, 6.45) is 0. The van der Waals surface area contributed by atoms with Gasteiger partial charge in [-0.05, 0) is 58.4 Å². The van der Waals surface area contributed by atoms with Crippen molar-refractivity contribution in [1.29, 1.82) is 0 Å². The topological polar surface area (TPSA) is 26.3 Å². The van der Waals surface area contributed by atoms with Crippen molar-refractivity contribution in [3.8, 4) is 5.75 Å². The normalized spacial score (nSPS) is 10.2. The van der Waals surface area contributed by atoms with Gasteiger partial charge in [0.1, 0.15) is 5.75 Å². The first-order chi connectivity index (χ1) is 8.61. The standard InChI is InChI=1S/C14H10BrClO2/c1-18-11-5-2-9(3-6-11)14(17)12-7-4-10(16)8-13(12)15/h2-8H,1H3. The van der Waals surface area contributed by atoms with Gasteiger partial charge in [0.15, 0.2) is 5.78 Å². The van der Waals surface area contributed by atoms with E-state index in [1.165, 1.54) is 0 Å². The first kappa shape index (κ1) is 13.1. The van der Waals surface area contributed by atoms with Crippen LogP contribution in [0, 0.1) is 0 Å². The summed E-state index contributed by atoms with van der Waals surface area (Å²) in [5, 5.41) is 0.591. The van der Waals surface area contributed by atoms with Gasteiger partial charge in [-0.15, -0.1) is 0 Å². The van der Waals surface area contributed by atoms with Crippen molar-refractivity contribution in [3.05, 3.63) is 63.1 Å². The highest BCUT2D eigenvalue weighted by Crippen LogP contribution is 2.24. The Balaban J connectivity index is 2.35. The molecule has 0 unspecified atom stereocenters. The van der Waals surface area contributed by atoms with Crippen molar-refractivity contribution in [2.75, 3.05) is 7.11 Å². The third-order valence-corrected chi connectivity index (χ3v) is 3.42. The number of benzene rings is 2. The molecule has 18 heavy (non-hydrogen) atoms. The van der Waals surface area contributed by atoms with Gasteiger partial charge in [0.25, 0.3) is 0 Å². The van der Waals surface area contributed by atoms with E-state index < -0.39 is 0 Å².